The molecule has 2 amide bonds. The quantitative estimate of drug-likeness (QED) is 0.763. The number of halogens is 1. The molecule has 1 aliphatic carbocycles. The summed E-state index contributed by atoms with van der Waals surface area (Å²) >= 11 is 5.88. The van der Waals surface area contributed by atoms with E-state index >= 15 is 0 Å². The van der Waals surface area contributed by atoms with Gasteiger partial charge in [-0.15, -0.1) is 0 Å². The second-order valence-electron chi connectivity index (χ2n) is 6.41. The van der Waals surface area contributed by atoms with E-state index in [2.05, 4.69) is 10.9 Å². The molecule has 1 atom stereocenters. The Morgan fingerprint density at radius 3 is 2.40 bits per heavy atom. The van der Waals surface area contributed by atoms with Gasteiger partial charge in [-0.25, -0.2) is 8.42 Å². The lowest BCUT2D eigenvalue weighted by Gasteiger charge is -2.31. The summed E-state index contributed by atoms with van der Waals surface area (Å²) in [6, 6.07) is 6.07. The second kappa shape index (κ2) is 7.31. The Hall–Kier alpha value is -1.64. The van der Waals surface area contributed by atoms with Crippen LogP contribution in [0.1, 0.15) is 25.7 Å². The first-order valence-electron chi connectivity index (χ1n) is 8.23. The van der Waals surface area contributed by atoms with Crippen molar-refractivity contribution in [2.45, 2.75) is 30.6 Å². The number of carbonyl (C=O) groups is 2. The number of nitrogens with zero attached hydrogens (tertiary/aromatic N) is 1. The van der Waals surface area contributed by atoms with E-state index in [9.17, 15) is 18.0 Å². The van der Waals surface area contributed by atoms with Crippen molar-refractivity contribution in [2.75, 3.05) is 13.1 Å². The van der Waals surface area contributed by atoms with Crippen LogP contribution < -0.4 is 10.9 Å². The van der Waals surface area contributed by atoms with Crippen molar-refractivity contribution in [3.8, 4) is 0 Å². The Morgan fingerprint density at radius 1 is 1.08 bits per heavy atom. The molecule has 25 heavy (non-hydrogen) atoms. The average molecular weight is 386 g/mol. The van der Waals surface area contributed by atoms with E-state index in [-0.39, 0.29) is 29.2 Å². The molecular formula is C16H20ClN3O4S. The summed E-state index contributed by atoms with van der Waals surface area (Å²) in [4.78, 5) is 23.9. The van der Waals surface area contributed by atoms with Gasteiger partial charge in [-0.1, -0.05) is 17.7 Å². The number of hydrazine groups is 1. The normalized spacial score (nSPS) is 21.6. The van der Waals surface area contributed by atoms with Gasteiger partial charge >= 0.3 is 0 Å². The van der Waals surface area contributed by atoms with Crippen molar-refractivity contribution < 1.29 is 18.0 Å². The van der Waals surface area contributed by atoms with Crippen LogP contribution >= 0.6 is 11.6 Å². The predicted molar refractivity (Wildman–Crippen MR) is 91.9 cm³/mol. The Balaban J connectivity index is 1.63. The van der Waals surface area contributed by atoms with Gasteiger partial charge in [0.15, 0.2) is 0 Å². The van der Waals surface area contributed by atoms with Crippen LogP contribution in [0.4, 0.5) is 0 Å². The molecule has 3 rings (SSSR count). The van der Waals surface area contributed by atoms with E-state index in [1.165, 1.54) is 16.4 Å². The van der Waals surface area contributed by atoms with Crippen LogP contribution in [0.15, 0.2) is 29.2 Å². The van der Waals surface area contributed by atoms with E-state index in [0.717, 1.165) is 12.8 Å². The molecule has 7 nitrogen and oxygen atoms in total. The van der Waals surface area contributed by atoms with Crippen LogP contribution in [-0.4, -0.2) is 37.6 Å². The number of carbonyl (C=O) groups excluding carboxylic acids is 2. The third kappa shape index (κ3) is 4.31. The minimum absolute atomic E-state index is 0.00800. The number of hydrogen-bond acceptors (Lipinski definition) is 4. The van der Waals surface area contributed by atoms with Crippen LogP contribution in [0.5, 0.6) is 0 Å². The maximum atomic E-state index is 12.7. The molecule has 1 aromatic carbocycles. The Bertz CT molecular complexity index is 779. The fourth-order valence-corrected chi connectivity index (χ4v) is 4.65. The van der Waals surface area contributed by atoms with Crippen molar-refractivity contribution in [1.82, 2.24) is 15.2 Å². The largest absolute Gasteiger partial charge is 0.273 e. The summed E-state index contributed by atoms with van der Waals surface area (Å²) in [7, 11) is -3.70. The second-order valence-corrected chi connectivity index (χ2v) is 8.79. The molecular weight excluding hydrogens is 366 g/mol. The first-order chi connectivity index (χ1) is 11.9. The molecule has 1 aliphatic heterocycles. The smallest absolute Gasteiger partial charge is 0.243 e. The predicted octanol–water partition coefficient (Wildman–Crippen LogP) is 1.30. The molecule has 2 fully saturated rings. The van der Waals surface area contributed by atoms with Crippen molar-refractivity contribution in [3.05, 3.63) is 29.3 Å². The maximum Gasteiger partial charge on any atom is 0.243 e. The number of benzene rings is 1. The third-order valence-electron chi connectivity index (χ3n) is 4.45. The highest BCUT2D eigenvalue weighted by molar-refractivity contribution is 7.89. The summed E-state index contributed by atoms with van der Waals surface area (Å²) in [6.45, 7) is 0.438. The maximum absolute atomic E-state index is 12.7. The van der Waals surface area contributed by atoms with E-state index in [0.29, 0.717) is 24.4 Å². The number of rotatable bonds is 4. The monoisotopic (exact) mass is 385 g/mol. The number of nitrogens with one attached hydrogen (secondary N) is 2. The Labute approximate surface area is 151 Å². The summed E-state index contributed by atoms with van der Waals surface area (Å²) in [5.74, 6) is -1.05. The molecule has 136 valence electrons. The summed E-state index contributed by atoms with van der Waals surface area (Å²) in [5.41, 5.74) is 4.82. The van der Waals surface area contributed by atoms with Crippen LogP contribution in [0.2, 0.25) is 5.02 Å². The first kappa shape index (κ1) is 18.2. The van der Waals surface area contributed by atoms with E-state index in [4.69, 9.17) is 11.6 Å². The van der Waals surface area contributed by atoms with Gasteiger partial charge in [-0.3, -0.25) is 20.4 Å². The fourth-order valence-electron chi connectivity index (χ4n) is 2.82. The molecule has 0 radical (unpaired) electrons. The summed E-state index contributed by atoms with van der Waals surface area (Å²) < 4.78 is 26.8. The molecule has 1 saturated heterocycles. The molecule has 9 heteroatoms. The molecule has 0 unspecified atom stereocenters. The average Bonchev–Trinajstić information content (AvgIpc) is 3.44. The number of amides is 2. The first-order valence-corrected chi connectivity index (χ1v) is 10.0. The molecule has 0 bridgehead atoms. The summed E-state index contributed by atoms with van der Waals surface area (Å²) in [6.07, 6.45) is 2.84. The zero-order valence-corrected chi connectivity index (χ0v) is 15.1. The van der Waals surface area contributed by atoms with Gasteiger partial charge in [-0.05, 0) is 43.9 Å². The fraction of sp³-hybridized carbons (Fsp3) is 0.500. The van der Waals surface area contributed by atoms with Crippen molar-refractivity contribution >= 4 is 33.4 Å². The third-order valence-corrected chi connectivity index (χ3v) is 6.54. The topological polar surface area (TPSA) is 95.6 Å². The lowest BCUT2D eigenvalue weighted by molar-refractivity contribution is -0.132. The highest BCUT2D eigenvalue weighted by Crippen LogP contribution is 2.28. The number of sulfonamides is 1. The standard InChI is InChI=1S/C16H20ClN3O4S/c17-13-4-1-5-14(9-13)25(23,24)20-8-2-3-12(10-20)16(22)19-18-15(21)11-6-7-11/h1,4-5,9,11-12H,2-3,6-8,10H2,(H,18,21)(H,19,22)/t12-/m0/s1. The van der Waals surface area contributed by atoms with Gasteiger partial charge < -0.3 is 0 Å². The molecule has 0 aromatic heterocycles. The Morgan fingerprint density at radius 2 is 1.76 bits per heavy atom. The minimum Gasteiger partial charge on any atom is -0.273 e. The summed E-state index contributed by atoms with van der Waals surface area (Å²) in [5, 5.41) is 0.343. The SMILES string of the molecule is O=C(NNC(=O)[C@H]1CCCN(S(=O)(=O)c2cccc(Cl)c2)C1)C1CC1. The Kier molecular flexibility index (Phi) is 5.31. The van der Waals surface area contributed by atoms with Gasteiger partial charge in [0.25, 0.3) is 0 Å². The van der Waals surface area contributed by atoms with Crippen LogP contribution in [0.3, 0.4) is 0 Å². The van der Waals surface area contributed by atoms with Gasteiger partial charge in [0.05, 0.1) is 10.8 Å². The molecule has 1 aromatic rings. The molecule has 1 heterocycles. The highest BCUT2D eigenvalue weighted by Gasteiger charge is 2.34. The molecule has 2 aliphatic rings. The zero-order valence-electron chi connectivity index (χ0n) is 13.6. The van der Waals surface area contributed by atoms with Gasteiger partial charge in [-0.2, -0.15) is 4.31 Å². The van der Waals surface area contributed by atoms with E-state index in [1.807, 2.05) is 0 Å². The number of hydrogen-bond donors (Lipinski definition) is 2. The lowest BCUT2D eigenvalue weighted by Crippen LogP contribution is -2.50. The molecule has 0 spiro atoms. The highest BCUT2D eigenvalue weighted by atomic mass is 35.5. The van der Waals surface area contributed by atoms with Crippen LogP contribution in [-0.2, 0) is 19.6 Å². The van der Waals surface area contributed by atoms with Gasteiger partial charge in [0.1, 0.15) is 0 Å². The van der Waals surface area contributed by atoms with Gasteiger partial charge in [0.2, 0.25) is 21.8 Å². The van der Waals surface area contributed by atoms with Crippen molar-refractivity contribution in [1.29, 1.82) is 0 Å². The zero-order chi connectivity index (χ0) is 18.0. The lowest BCUT2D eigenvalue weighted by atomic mass is 9.99. The number of piperidine rings is 1. The van der Waals surface area contributed by atoms with Crippen LogP contribution in [0, 0.1) is 11.8 Å². The molecule has 2 N–H and O–H groups in total. The van der Waals surface area contributed by atoms with E-state index in [1.54, 1.807) is 12.1 Å². The van der Waals surface area contributed by atoms with Crippen molar-refractivity contribution in [2.24, 2.45) is 11.8 Å². The molecule has 1 saturated carbocycles. The van der Waals surface area contributed by atoms with Gasteiger partial charge in [0, 0.05) is 24.0 Å². The van der Waals surface area contributed by atoms with E-state index < -0.39 is 15.9 Å². The minimum atomic E-state index is -3.70. The van der Waals surface area contributed by atoms with Crippen molar-refractivity contribution in [3.63, 3.8) is 0 Å². The van der Waals surface area contributed by atoms with Crippen LogP contribution in [0.25, 0.3) is 0 Å².